The van der Waals surface area contributed by atoms with Crippen molar-refractivity contribution in [2.45, 2.75) is 198 Å². The third-order valence-electron chi connectivity index (χ3n) is 22.4. The summed E-state index contributed by atoms with van der Waals surface area (Å²) >= 11 is 21.5. The van der Waals surface area contributed by atoms with Crippen molar-refractivity contribution in [2.24, 2.45) is 16.5 Å². The number of alkyl halides is 1. The van der Waals surface area contributed by atoms with Crippen LogP contribution >= 0.6 is 98.5 Å². The van der Waals surface area contributed by atoms with Gasteiger partial charge in [-0.3, -0.25) is 44.5 Å². The van der Waals surface area contributed by atoms with Gasteiger partial charge in [0.1, 0.15) is 45.4 Å². The number of carbonyl (C=O) groups excluding carboxylic acids is 6. The second-order valence-corrected chi connectivity index (χ2v) is 32.7. The van der Waals surface area contributed by atoms with Gasteiger partial charge in [-0.25, -0.2) is 19.5 Å². The normalized spacial score (nSPS) is 32.2. The number of ether oxygens (including phenoxy) is 8. The van der Waals surface area contributed by atoms with Crippen LogP contribution in [0.15, 0.2) is 95.7 Å². The molecule has 4 unspecified atom stereocenters. The maximum absolute atomic E-state index is 13.3. The highest BCUT2D eigenvalue weighted by Gasteiger charge is 2.73. The Morgan fingerprint density at radius 1 is 0.505 bits per heavy atom. The number of benzene rings is 4. The van der Waals surface area contributed by atoms with Crippen molar-refractivity contribution in [3.05, 3.63) is 113 Å². The Kier molecular flexibility index (Phi) is 25.0. The molecule has 7 fully saturated rings. The smallest absolute Gasteiger partial charge is 0.325 e. The van der Waals surface area contributed by atoms with Crippen LogP contribution in [0.5, 0.6) is 23.0 Å². The van der Waals surface area contributed by atoms with Crippen LogP contribution in [-0.2, 0) is 65.2 Å². The number of amides is 8. The van der Waals surface area contributed by atoms with Gasteiger partial charge in [-0.2, -0.15) is 0 Å². The Labute approximate surface area is 664 Å². The fourth-order valence-corrected chi connectivity index (χ4v) is 18.7. The quantitative estimate of drug-likeness (QED) is 0.0249. The van der Waals surface area contributed by atoms with E-state index in [-0.39, 0.29) is 60.0 Å². The summed E-state index contributed by atoms with van der Waals surface area (Å²) in [5.74, 6) is 2.29. The van der Waals surface area contributed by atoms with Crippen LogP contribution in [0.4, 0.5) is 9.59 Å². The number of methoxy groups -OCH3 is 4. The molecule has 105 heavy (non-hydrogen) atoms. The number of fused-ring (bicyclic) bond motifs is 12. The lowest BCUT2D eigenvalue weighted by atomic mass is 9.68. The summed E-state index contributed by atoms with van der Waals surface area (Å²) in [5.41, 5.74) is 6.02. The van der Waals surface area contributed by atoms with E-state index in [9.17, 15) is 28.8 Å². The molecule has 4 aromatic carbocycles. The number of urea groups is 2. The molecular formula is C73H93Br4IN10O16S. The number of rotatable bonds is 4. The lowest BCUT2D eigenvalue weighted by molar-refractivity contribution is -0.306. The van der Waals surface area contributed by atoms with Crippen molar-refractivity contribution >= 4 is 145 Å². The molecule has 4 aliphatic carbocycles. The first kappa shape index (κ1) is 82.1. The number of carbonyl (C=O) groups is 6. The number of likely N-dealkylation sites (N-methyl/N-ethyl adjacent to an activating group) is 3. The lowest BCUT2D eigenvalue weighted by Crippen LogP contribution is -2.62. The number of guanidine groups is 1. The van der Waals surface area contributed by atoms with Crippen LogP contribution in [0.2, 0.25) is 0 Å². The number of thiocarbonyl (C=S) groups is 1. The molecule has 32 heteroatoms. The zero-order valence-electron chi connectivity index (χ0n) is 60.9. The first-order chi connectivity index (χ1) is 49.9. The Morgan fingerprint density at radius 3 is 1.11 bits per heavy atom. The summed E-state index contributed by atoms with van der Waals surface area (Å²) in [6.07, 6.45) is 12.8. The van der Waals surface area contributed by atoms with Crippen molar-refractivity contribution in [2.75, 3.05) is 61.6 Å². The first-order valence-corrected chi connectivity index (χ1v) is 40.4. The first-order valence-electron chi connectivity index (χ1n) is 34.7. The standard InChI is InChI=1S/C17H20BrN3O3.C17H19BrN2O4.C17H19BrN2O3S.C16H17BrN2O4.C4H10O2.CH3I.CH5N/c1-21-14(22)17(20-15(21)19)12-9-10(18)3-4-13(12)24-16(17)7-5-11(23-2)6-8-16;1-20-14(21)17(19-15(20)22)12-9-10(18)3-4-13(12)24-16(17)7-5-11(23-2)6-8-16;1-20-14(21)17(19-15(20)24)12-9-10(18)3-4-13(12)23-16(17)7-5-11(22-2)6-8-16;1-22-10-4-6-15(7-5-10)16(13(20)18-14(21)19-16)11-8-9(17)2-3-12(11)23-15;1-4(2,3)6-5;2*1-2/h3-4,9,11H,5-8H2,1-2H3,(H2,19,20);3-4,9,11H,5-8H2,1-2H3,(H,19,22);3-4,9,11H,5-8H2,1-2H3,(H,19,24);2-3,8,10H,4-7H2,1H3,(H2,18,19,20,21);5H,1-3H3;1H3;2H2,1H3. The van der Waals surface area contributed by atoms with E-state index < -0.39 is 56.2 Å². The number of nitrogens with one attached hydrogen (secondary N) is 4. The van der Waals surface area contributed by atoms with Crippen LogP contribution in [0.1, 0.15) is 146 Å². The fourth-order valence-electron chi connectivity index (χ4n) is 17.1. The van der Waals surface area contributed by atoms with Crippen LogP contribution < -0.4 is 51.7 Å². The van der Waals surface area contributed by atoms with Gasteiger partial charge in [0.15, 0.2) is 27.7 Å². The van der Waals surface area contributed by atoms with Gasteiger partial charge >= 0.3 is 12.1 Å². The molecule has 0 aromatic heterocycles. The van der Waals surface area contributed by atoms with Crippen molar-refractivity contribution in [3.63, 3.8) is 0 Å². The van der Waals surface area contributed by atoms with E-state index in [0.717, 1.165) is 109 Å². The second-order valence-electron chi connectivity index (χ2n) is 28.7. The molecule has 4 saturated carbocycles. The third-order valence-corrected chi connectivity index (χ3v) is 24.8. The highest BCUT2D eigenvalue weighted by molar-refractivity contribution is 14.1. The van der Waals surface area contributed by atoms with Crippen molar-refractivity contribution in [1.82, 2.24) is 36.0 Å². The predicted octanol–water partition coefficient (Wildman–Crippen LogP) is 11.5. The van der Waals surface area contributed by atoms with E-state index in [2.05, 4.69) is 123 Å². The Balaban J connectivity index is 0.000000144. The molecular weight excluding hydrogens is 1750 g/mol. The molecule has 8 heterocycles. The lowest BCUT2D eigenvalue weighted by Gasteiger charge is -2.44. The molecule has 572 valence electrons. The molecule has 0 radical (unpaired) electrons. The summed E-state index contributed by atoms with van der Waals surface area (Å²) in [5, 5.41) is 19.9. The summed E-state index contributed by atoms with van der Waals surface area (Å²) in [7, 11) is 13.3. The number of aliphatic imine (C=N–C) groups is 1. The highest BCUT2D eigenvalue weighted by Crippen LogP contribution is 2.62. The Morgan fingerprint density at radius 2 is 0.819 bits per heavy atom. The van der Waals surface area contributed by atoms with Crippen LogP contribution in [0.3, 0.4) is 0 Å². The average molecular weight is 1850 g/mol. The number of nitrogens with zero attached hydrogens (tertiary/aromatic N) is 4. The average Bonchev–Trinajstić information content (AvgIpc) is 1.56. The third kappa shape index (κ3) is 13.9. The summed E-state index contributed by atoms with van der Waals surface area (Å²) in [4.78, 5) is 91.4. The van der Waals surface area contributed by atoms with Gasteiger partial charge in [0.25, 0.3) is 23.6 Å². The minimum atomic E-state index is -1.16. The second kappa shape index (κ2) is 31.9. The van der Waals surface area contributed by atoms with E-state index in [0.29, 0.717) is 66.4 Å². The van der Waals surface area contributed by atoms with Gasteiger partial charge in [-0.05, 0) is 220 Å². The molecule has 16 rings (SSSR count). The number of imide groups is 2. The molecule has 26 nitrogen and oxygen atoms in total. The molecule has 0 bridgehead atoms. The van der Waals surface area contributed by atoms with Gasteiger partial charge < -0.3 is 65.3 Å². The zero-order chi connectivity index (χ0) is 76.8. The number of halogens is 5. The largest absolute Gasteiger partial charge is 0.483 e. The van der Waals surface area contributed by atoms with Gasteiger partial charge in [0.05, 0.1) is 30.0 Å². The molecule has 8 aliphatic heterocycles. The van der Waals surface area contributed by atoms with Crippen molar-refractivity contribution in [1.29, 1.82) is 0 Å². The number of nitrogens with two attached hydrogens (primary N) is 2. The van der Waals surface area contributed by atoms with Crippen LogP contribution in [0, 0.1) is 0 Å². The Hall–Kier alpha value is -5.37. The molecule has 9 N–H and O–H groups in total. The molecule has 8 spiro atoms. The zero-order valence-corrected chi connectivity index (χ0v) is 70.2. The molecule has 4 atom stereocenters. The van der Waals surface area contributed by atoms with Crippen molar-refractivity contribution in [3.8, 4) is 23.0 Å². The predicted molar refractivity (Wildman–Crippen MR) is 418 cm³/mol. The van der Waals surface area contributed by atoms with Gasteiger partial charge in [0.2, 0.25) is 5.54 Å². The maximum Gasteiger partial charge on any atom is 0.325 e. The monoisotopic (exact) mass is 1840 g/mol. The molecule has 4 aromatic rings. The van der Waals surface area contributed by atoms with Crippen LogP contribution in [-0.4, -0.2) is 181 Å². The summed E-state index contributed by atoms with van der Waals surface area (Å²) in [6, 6.07) is 21.9. The molecule has 3 saturated heterocycles. The fraction of sp³-hybridized carbons (Fsp3) is 0.562. The SMILES string of the molecule is CC(C)(C)OO.CI.CN.COC1CCC2(CC1)Oc1ccc(Br)cc1C21N=C(N)N(C)C1=O.COC1CCC2(CC1)Oc1ccc(Br)cc1C21NC(=O)N(C)C1=O.COC1CCC2(CC1)Oc1ccc(Br)cc1C21NC(=O)NC1=O.COC1CCC2(CC1)Oc1ccc(Br)cc1C21NC(=S)N(C)C1=O. The van der Waals surface area contributed by atoms with Gasteiger partial charge in [0, 0.05) is 89.7 Å². The molecule has 8 amide bonds. The van der Waals surface area contributed by atoms with E-state index in [4.69, 9.17) is 61.1 Å². The Bertz CT molecular complexity index is 3910. The number of hydrogen-bond acceptors (Lipinski definition) is 20. The van der Waals surface area contributed by atoms with Crippen molar-refractivity contribution < 1.29 is 76.8 Å². The number of hydrogen-bond donors (Lipinski definition) is 7. The maximum atomic E-state index is 13.3. The van der Waals surface area contributed by atoms with E-state index >= 15 is 0 Å². The summed E-state index contributed by atoms with van der Waals surface area (Å²) < 4.78 is 50.9. The van der Waals surface area contributed by atoms with E-state index in [1.165, 1.54) is 23.9 Å². The van der Waals surface area contributed by atoms with Crippen LogP contribution in [0.25, 0.3) is 0 Å². The van der Waals surface area contributed by atoms with Gasteiger partial charge in [-0.15, -0.1) is 0 Å². The summed E-state index contributed by atoms with van der Waals surface area (Å²) in [6.45, 7) is 5.31. The highest BCUT2D eigenvalue weighted by atomic mass is 127. The molecule has 12 aliphatic rings. The van der Waals surface area contributed by atoms with E-state index in [1.807, 2.05) is 77.7 Å². The topological polar surface area (TPSA) is 328 Å². The minimum Gasteiger partial charge on any atom is -0.483 e. The van der Waals surface area contributed by atoms with E-state index in [1.54, 1.807) is 63.3 Å². The van der Waals surface area contributed by atoms with Gasteiger partial charge in [-0.1, -0.05) is 86.3 Å². The minimum absolute atomic E-state index is 0.0415.